The van der Waals surface area contributed by atoms with Gasteiger partial charge in [-0.15, -0.1) is 0 Å². The van der Waals surface area contributed by atoms with Crippen LogP contribution in [0.4, 0.5) is 14.5 Å². The zero-order valence-electron chi connectivity index (χ0n) is 18.5. The molecule has 6 nitrogen and oxygen atoms in total. The molecule has 174 valence electrons. The third-order valence-electron chi connectivity index (χ3n) is 5.80. The second-order valence-corrected chi connectivity index (χ2v) is 8.08. The molecule has 1 aromatic heterocycles. The van der Waals surface area contributed by atoms with Crippen molar-refractivity contribution in [3.8, 4) is 11.3 Å². The molecular formula is C25H28F2N4O2. The van der Waals surface area contributed by atoms with Gasteiger partial charge in [-0.2, -0.15) is 0 Å². The third kappa shape index (κ3) is 6.16. The molecule has 0 unspecified atom stereocenters. The fraction of sp³-hybridized carbons (Fsp3) is 0.360. The number of carbonyl (C=O) groups is 1. The highest BCUT2D eigenvalue weighted by molar-refractivity contribution is 5.76. The van der Waals surface area contributed by atoms with E-state index >= 15 is 0 Å². The summed E-state index contributed by atoms with van der Waals surface area (Å²) in [6, 6.07) is 14.1. The fourth-order valence-corrected chi connectivity index (χ4v) is 3.98. The highest BCUT2D eigenvalue weighted by atomic mass is 19.1. The average molecular weight is 455 g/mol. The van der Waals surface area contributed by atoms with Gasteiger partial charge in [-0.25, -0.2) is 13.8 Å². The summed E-state index contributed by atoms with van der Waals surface area (Å²) in [5, 5.41) is 2.92. The lowest BCUT2D eigenvalue weighted by Gasteiger charge is -2.36. The largest absolute Gasteiger partial charge is 0.441 e. The summed E-state index contributed by atoms with van der Waals surface area (Å²) in [4.78, 5) is 21.0. The predicted octanol–water partition coefficient (Wildman–Crippen LogP) is 3.88. The van der Waals surface area contributed by atoms with Crippen molar-refractivity contribution in [2.75, 3.05) is 44.2 Å². The topological polar surface area (TPSA) is 61.6 Å². The first kappa shape index (κ1) is 22.9. The van der Waals surface area contributed by atoms with E-state index < -0.39 is 11.6 Å². The number of benzene rings is 2. The van der Waals surface area contributed by atoms with Crippen LogP contribution in [0.25, 0.3) is 11.3 Å². The first-order chi connectivity index (χ1) is 16.1. The Balaban J connectivity index is 1.13. The number of nitrogens with one attached hydrogen (secondary N) is 1. The molecule has 1 N–H and O–H groups in total. The Hall–Kier alpha value is -3.26. The summed E-state index contributed by atoms with van der Waals surface area (Å²) in [5.41, 5.74) is 1.02. The van der Waals surface area contributed by atoms with Gasteiger partial charge < -0.3 is 14.6 Å². The molecular weight excluding hydrogens is 426 g/mol. The molecule has 0 radical (unpaired) electrons. The van der Waals surface area contributed by atoms with Gasteiger partial charge in [0.25, 0.3) is 0 Å². The Morgan fingerprint density at radius 3 is 2.45 bits per heavy atom. The van der Waals surface area contributed by atoms with Crippen molar-refractivity contribution in [1.82, 2.24) is 15.2 Å². The number of anilines is 1. The van der Waals surface area contributed by atoms with Gasteiger partial charge >= 0.3 is 0 Å². The van der Waals surface area contributed by atoms with E-state index in [1.54, 1.807) is 0 Å². The fourth-order valence-electron chi connectivity index (χ4n) is 3.98. The van der Waals surface area contributed by atoms with Crippen molar-refractivity contribution >= 4 is 11.6 Å². The van der Waals surface area contributed by atoms with Crippen LogP contribution in [0.2, 0.25) is 0 Å². The molecule has 8 heteroatoms. The SMILES string of the molecule is O=C(CCc1ncc(-c2c(F)cccc2F)o1)NCCCN1CCN(c2ccccc2)CC1. The molecule has 0 bridgehead atoms. The summed E-state index contributed by atoms with van der Waals surface area (Å²) in [6.45, 7) is 5.58. The van der Waals surface area contributed by atoms with Crippen molar-refractivity contribution in [3.63, 3.8) is 0 Å². The summed E-state index contributed by atoms with van der Waals surface area (Å²) < 4.78 is 33.2. The zero-order chi connectivity index (χ0) is 23.0. The standard InChI is InChI=1S/C25H28F2N4O2/c26-20-8-4-9-21(27)25(20)22-18-29-24(33-22)11-10-23(32)28-12-5-13-30-14-16-31(17-15-30)19-6-2-1-3-7-19/h1-4,6-9,18H,5,10-17H2,(H,28,32). The lowest BCUT2D eigenvalue weighted by Crippen LogP contribution is -2.47. The Labute approximate surface area is 192 Å². The van der Waals surface area contributed by atoms with Crippen LogP contribution in [0.5, 0.6) is 0 Å². The molecule has 1 fully saturated rings. The minimum absolute atomic E-state index is 0.0216. The van der Waals surface area contributed by atoms with E-state index in [4.69, 9.17) is 4.42 Å². The van der Waals surface area contributed by atoms with Crippen LogP contribution in [0, 0.1) is 11.6 Å². The van der Waals surface area contributed by atoms with Crippen LogP contribution in [0.3, 0.4) is 0 Å². The van der Waals surface area contributed by atoms with E-state index in [0.717, 1.165) is 51.3 Å². The first-order valence-electron chi connectivity index (χ1n) is 11.3. The number of aryl methyl sites for hydroxylation is 1. The maximum absolute atomic E-state index is 13.9. The van der Waals surface area contributed by atoms with Crippen molar-refractivity contribution < 1.29 is 18.0 Å². The van der Waals surface area contributed by atoms with E-state index in [0.29, 0.717) is 6.54 Å². The Morgan fingerprint density at radius 2 is 1.73 bits per heavy atom. The average Bonchev–Trinajstić information content (AvgIpc) is 3.30. The maximum atomic E-state index is 13.9. The number of rotatable bonds is 9. The summed E-state index contributed by atoms with van der Waals surface area (Å²) in [5.74, 6) is -1.22. The third-order valence-corrected chi connectivity index (χ3v) is 5.80. The molecule has 2 heterocycles. The molecule has 0 aliphatic carbocycles. The van der Waals surface area contributed by atoms with Crippen molar-refractivity contribution in [3.05, 3.63) is 72.3 Å². The number of nitrogens with zero attached hydrogens (tertiary/aromatic N) is 3. The minimum atomic E-state index is -0.711. The van der Waals surface area contributed by atoms with Crippen molar-refractivity contribution in [2.24, 2.45) is 0 Å². The van der Waals surface area contributed by atoms with Crippen molar-refractivity contribution in [2.45, 2.75) is 19.3 Å². The van der Waals surface area contributed by atoms with E-state index in [1.165, 1.54) is 18.0 Å². The second kappa shape index (κ2) is 11.0. The van der Waals surface area contributed by atoms with Crippen LogP contribution in [0.1, 0.15) is 18.7 Å². The molecule has 0 atom stereocenters. The molecule has 33 heavy (non-hydrogen) atoms. The summed E-state index contributed by atoms with van der Waals surface area (Å²) in [7, 11) is 0. The summed E-state index contributed by atoms with van der Waals surface area (Å²) >= 11 is 0. The van der Waals surface area contributed by atoms with Gasteiger partial charge in [0.1, 0.15) is 11.6 Å². The number of halogens is 2. The van der Waals surface area contributed by atoms with Gasteiger partial charge in [0, 0.05) is 51.3 Å². The van der Waals surface area contributed by atoms with Crippen LogP contribution in [0.15, 0.2) is 59.1 Å². The summed E-state index contributed by atoms with van der Waals surface area (Å²) in [6.07, 6.45) is 2.64. The van der Waals surface area contributed by atoms with E-state index in [1.807, 2.05) is 6.07 Å². The maximum Gasteiger partial charge on any atom is 0.220 e. The van der Waals surface area contributed by atoms with Crippen molar-refractivity contribution in [1.29, 1.82) is 0 Å². The zero-order valence-corrected chi connectivity index (χ0v) is 18.5. The van der Waals surface area contributed by atoms with Gasteiger partial charge in [-0.1, -0.05) is 24.3 Å². The number of aromatic nitrogens is 1. The van der Waals surface area contributed by atoms with Gasteiger partial charge in [-0.3, -0.25) is 9.69 Å². The molecule has 1 aliphatic rings. The van der Waals surface area contributed by atoms with Crippen LogP contribution in [-0.4, -0.2) is 55.1 Å². The number of para-hydroxylation sites is 1. The van der Waals surface area contributed by atoms with Gasteiger partial charge in [0.2, 0.25) is 5.91 Å². The number of hydrogen-bond acceptors (Lipinski definition) is 5. The molecule has 0 saturated carbocycles. The lowest BCUT2D eigenvalue weighted by atomic mass is 10.1. The van der Waals surface area contributed by atoms with Crippen LogP contribution < -0.4 is 10.2 Å². The number of piperazine rings is 1. The monoisotopic (exact) mass is 454 g/mol. The van der Waals surface area contributed by atoms with E-state index in [-0.39, 0.29) is 36.0 Å². The highest BCUT2D eigenvalue weighted by Gasteiger charge is 2.18. The van der Waals surface area contributed by atoms with Gasteiger partial charge in [0.05, 0.1) is 11.8 Å². The van der Waals surface area contributed by atoms with Crippen LogP contribution in [-0.2, 0) is 11.2 Å². The Kier molecular flexibility index (Phi) is 7.67. The van der Waals surface area contributed by atoms with Crippen LogP contribution >= 0.6 is 0 Å². The smallest absolute Gasteiger partial charge is 0.220 e. The Morgan fingerprint density at radius 1 is 1.00 bits per heavy atom. The Bertz CT molecular complexity index is 1030. The van der Waals surface area contributed by atoms with E-state index in [9.17, 15) is 13.6 Å². The van der Waals surface area contributed by atoms with E-state index in [2.05, 4.69) is 44.4 Å². The second-order valence-electron chi connectivity index (χ2n) is 8.08. The molecule has 4 rings (SSSR count). The number of oxazole rings is 1. The molecule has 1 aliphatic heterocycles. The number of carbonyl (C=O) groups excluding carboxylic acids is 1. The number of hydrogen-bond donors (Lipinski definition) is 1. The predicted molar refractivity (Wildman–Crippen MR) is 123 cm³/mol. The molecule has 1 amide bonds. The molecule has 0 spiro atoms. The normalized spacial score (nSPS) is 14.4. The quantitative estimate of drug-likeness (QED) is 0.497. The molecule has 3 aromatic rings. The first-order valence-corrected chi connectivity index (χ1v) is 11.3. The minimum Gasteiger partial charge on any atom is -0.441 e. The molecule has 2 aromatic carbocycles. The van der Waals surface area contributed by atoms with Gasteiger partial charge in [0.15, 0.2) is 11.7 Å². The molecule has 1 saturated heterocycles. The highest BCUT2D eigenvalue weighted by Crippen LogP contribution is 2.26. The number of amides is 1. The lowest BCUT2D eigenvalue weighted by molar-refractivity contribution is -0.121. The van der Waals surface area contributed by atoms with Gasteiger partial charge in [-0.05, 0) is 37.2 Å².